The van der Waals surface area contributed by atoms with E-state index >= 15 is 0 Å². The van der Waals surface area contributed by atoms with Crippen molar-refractivity contribution in [1.82, 2.24) is 14.9 Å². The Bertz CT molecular complexity index is 702. The molecule has 0 radical (unpaired) electrons. The molecule has 6 heteroatoms. The van der Waals surface area contributed by atoms with Crippen LogP contribution in [0.5, 0.6) is 0 Å². The number of thiophene rings is 1. The summed E-state index contributed by atoms with van der Waals surface area (Å²) < 4.78 is 1.37. The van der Waals surface area contributed by atoms with Gasteiger partial charge in [0.2, 0.25) is 5.91 Å². The molecule has 0 aliphatic rings. The van der Waals surface area contributed by atoms with Gasteiger partial charge in [-0.3, -0.25) is 14.2 Å². The van der Waals surface area contributed by atoms with Crippen LogP contribution in [0.15, 0.2) is 11.1 Å². The zero-order chi connectivity index (χ0) is 14.9. The first kappa shape index (κ1) is 14.7. The van der Waals surface area contributed by atoms with E-state index in [0.717, 1.165) is 21.7 Å². The third-order valence-electron chi connectivity index (χ3n) is 3.49. The van der Waals surface area contributed by atoms with Crippen LogP contribution in [0.1, 0.15) is 30.7 Å². The fraction of sp³-hybridized carbons (Fsp3) is 0.500. The van der Waals surface area contributed by atoms with Crippen LogP contribution in [0.3, 0.4) is 0 Å². The molecule has 1 unspecified atom stereocenters. The van der Waals surface area contributed by atoms with Gasteiger partial charge in [0.05, 0.1) is 11.7 Å². The van der Waals surface area contributed by atoms with Gasteiger partial charge in [0.25, 0.3) is 5.56 Å². The van der Waals surface area contributed by atoms with E-state index in [1.165, 1.54) is 22.2 Å². The topological polar surface area (TPSA) is 64.0 Å². The average Bonchev–Trinajstić information content (AvgIpc) is 2.69. The molecule has 0 aliphatic heterocycles. The largest absolute Gasteiger partial charge is 0.352 e. The van der Waals surface area contributed by atoms with E-state index in [-0.39, 0.29) is 24.1 Å². The maximum atomic E-state index is 12.4. The summed E-state index contributed by atoms with van der Waals surface area (Å²) in [6, 6.07) is 0.111. The Morgan fingerprint density at radius 1 is 1.50 bits per heavy atom. The standard InChI is InChI=1S/C14H19N3O2S/c1-5-8(2)16-11(18)6-17-7-15-13-12(14(17)19)9(3)10(4)20-13/h7-8H,5-6H2,1-4H3,(H,16,18). The van der Waals surface area contributed by atoms with Crippen LogP contribution in [0, 0.1) is 13.8 Å². The Kier molecular flexibility index (Phi) is 4.23. The maximum Gasteiger partial charge on any atom is 0.262 e. The summed E-state index contributed by atoms with van der Waals surface area (Å²) in [6.07, 6.45) is 2.32. The SMILES string of the molecule is CCC(C)NC(=O)Cn1cnc2sc(C)c(C)c2c1=O. The van der Waals surface area contributed by atoms with E-state index in [1.807, 2.05) is 27.7 Å². The number of nitrogens with zero attached hydrogens (tertiary/aromatic N) is 2. The lowest BCUT2D eigenvalue weighted by molar-refractivity contribution is -0.122. The molecular formula is C14H19N3O2S. The summed E-state index contributed by atoms with van der Waals surface area (Å²) in [4.78, 5) is 30.4. The van der Waals surface area contributed by atoms with Crippen molar-refractivity contribution in [3.63, 3.8) is 0 Å². The second kappa shape index (κ2) is 5.75. The first-order valence-corrected chi connectivity index (χ1v) is 7.50. The number of amides is 1. The number of aryl methyl sites for hydroxylation is 2. The number of carbonyl (C=O) groups excluding carboxylic acids is 1. The van der Waals surface area contributed by atoms with Gasteiger partial charge in [-0.1, -0.05) is 6.92 Å². The number of rotatable bonds is 4. The molecule has 0 aliphatic carbocycles. The summed E-state index contributed by atoms with van der Waals surface area (Å²) in [5.41, 5.74) is 0.815. The number of aromatic nitrogens is 2. The van der Waals surface area contributed by atoms with Gasteiger partial charge in [0, 0.05) is 10.9 Å². The van der Waals surface area contributed by atoms with Crippen molar-refractivity contribution in [3.05, 3.63) is 27.1 Å². The van der Waals surface area contributed by atoms with Crippen molar-refractivity contribution < 1.29 is 4.79 Å². The summed E-state index contributed by atoms with van der Waals surface area (Å²) in [6.45, 7) is 7.85. The molecule has 0 bridgehead atoms. The highest BCUT2D eigenvalue weighted by molar-refractivity contribution is 7.18. The predicted molar refractivity (Wildman–Crippen MR) is 81.2 cm³/mol. The molecule has 1 N–H and O–H groups in total. The minimum absolute atomic E-state index is 0.0143. The van der Waals surface area contributed by atoms with Gasteiger partial charge in [-0.2, -0.15) is 0 Å². The van der Waals surface area contributed by atoms with E-state index in [1.54, 1.807) is 0 Å². The summed E-state index contributed by atoms with van der Waals surface area (Å²) in [5.74, 6) is -0.160. The molecule has 0 aromatic carbocycles. The van der Waals surface area contributed by atoms with Gasteiger partial charge in [-0.15, -0.1) is 11.3 Å². The van der Waals surface area contributed by atoms with E-state index in [2.05, 4.69) is 10.3 Å². The molecule has 2 rings (SSSR count). The molecule has 20 heavy (non-hydrogen) atoms. The van der Waals surface area contributed by atoms with Gasteiger partial charge >= 0.3 is 0 Å². The second-order valence-corrected chi connectivity index (χ2v) is 6.22. The van der Waals surface area contributed by atoms with Crippen LogP contribution in [-0.4, -0.2) is 21.5 Å². The molecule has 0 saturated heterocycles. The third-order valence-corrected chi connectivity index (χ3v) is 4.60. The van der Waals surface area contributed by atoms with Crippen LogP contribution in [0.2, 0.25) is 0 Å². The summed E-state index contributed by atoms with van der Waals surface area (Å²) in [5, 5.41) is 3.48. The van der Waals surface area contributed by atoms with Crippen molar-refractivity contribution in [2.24, 2.45) is 0 Å². The number of nitrogens with one attached hydrogen (secondary N) is 1. The zero-order valence-electron chi connectivity index (χ0n) is 12.2. The lowest BCUT2D eigenvalue weighted by Crippen LogP contribution is -2.37. The average molecular weight is 293 g/mol. The van der Waals surface area contributed by atoms with Crippen molar-refractivity contribution in [2.75, 3.05) is 0 Å². The van der Waals surface area contributed by atoms with Gasteiger partial charge in [-0.05, 0) is 32.8 Å². The second-order valence-electron chi connectivity index (χ2n) is 5.02. The van der Waals surface area contributed by atoms with E-state index in [4.69, 9.17) is 0 Å². The molecule has 0 fully saturated rings. The van der Waals surface area contributed by atoms with E-state index in [9.17, 15) is 9.59 Å². The molecular weight excluding hydrogens is 274 g/mol. The lowest BCUT2D eigenvalue weighted by atomic mass is 10.2. The van der Waals surface area contributed by atoms with Crippen molar-refractivity contribution >= 4 is 27.5 Å². The van der Waals surface area contributed by atoms with Crippen LogP contribution in [0.4, 0.5) is 0 Å². The lowest BCUT2D eigenvalue weighted by Gasteiger charge is -2.12. The number of hydrogen-bond acceptors (Lipinski definition) is 4. The Labute approximate surface area is 121 Å². The van der Waals surface area contributed by atoms with Crippen LogP contribution in [-0.2, 0) is 11.3 Å². The summed E-state index contributed by atoms with van der Waals surface area (Å²) in [7, 11) is 0. The van der Waals surface area contributed by atoms with Gasteiger partial charge in [-0.25, -0.2) is 4.98 Å². The molecule has 2 heterocycles. The molecule has 5 nitrogen and oxygen atoms in total. The Hall–Kier alpha value is -1.69. The van der Waals surface area contributed by atoms with Gasteiger partial charge < -0.3 is 5.32 Å². The maximum absolute atomic E-state index is 12.4. The summed E-state index contributed by atoms with van der Waals surface area (Å²) >= 11 is 1.51. The molecule has 2 aromatic heterocycles. The van der Waals surface area contributed by atoms with Crippen molar-refractivity contribution in [1.29, 1.82) is 0 Å². The third kappa shape index (κ3) is 2.75. The fourth-order valence-electron chi connectivity index (χ4n) is 1.96. The molecule has 2 aromatic rings. The van der Waals surface area contributed by atoms with Gasteiger partial charge in [0.15, 0.2) is 0 Å². The molecule has 0 spiro atoms. The van der Waals surface area contributed by atoms with Gasteiger partial charge in [0.1, 0.15) is 11.4 Å². The number of hydrogen-bond donors (Lipinski definition) is 1. The molecule has 108 valence electrons. The Morgan fingerprint density at radius 3 is 2.85 bits per heavy atom. The Morgan fingerprint density at radius 2 is 2.20 bits per heavy atom. The smallest absolute Gasteiger partial charge is 0.262 e. The quantitative estimate of drug-likeness (QED) is 0.937. The van der Waals surface area contributed by atoms with Crippen LogP contribution < -0.4 is 10.9 Å². The number of carbonyl (C=O) groups is 1. The Balaban J connectivity index is 2.32. The highest BCUT2D eigenvalue weighted by Crippen LogP contribution is 2.25. The minimum atomic E-state index is -0.160. The first-order chi connectivity index (χ1) is 9.43. The van der Waals surface area contributed by atoms with E-state index in [0.29, 0.717) is 5.39 Å². The van der Waals surface area contributed by atoms with Crippen LogP contribution in [0.25, 0.3) is 10.2 Å². The first-order valence-electron chi connectivity index (χ1n) is 6.68. The van der Waals surface area contributed by atoms with Crippen molar-refractivity contribution in [2.45, 2.75) is 46.7 Å². The highest BCUT2D eigenvalue weighted by atomic mass is 32.1. The fourth-order valence-corrected chi connectivity index (χ4v) is 2.95. The van der Waals surface area contributed by atoms with Crippen LogP contribution >= 0.6 is 11.3 Å². The minimum Gasteiger partial charge on any atom is -0.352 e. The molecule has 1 amide bonds. The molecule has 0 saturated carbocycles. The predicted octanol–water partition coefficient (Wildman–Crippen LogP) is 1.99. The monoisotopic (exact) mass is 293 g/mol. The van der Waals surface area contributed by atoms with Crippen molar-refractivity contribution in [3.8, 4) is 0 Å². The zero-order valence-corrected chi connectivity index (χ0v) is 13.0. The molecule has 1 atom stereocenters. The normalized spacial score (nSPS) is 12.6. The number of fused-ring (bicyclic) bond motifs is 1. The highest BCUT2D eigenvalue weighted by Gasteiger charge is 2.14. The van der Waals surface area contributed by atoms with E-state index < -0.39 is 0 Å².